The summed E-state index contributed by atoms with van der Waals surface area (Å²) >= 11 is 6.52. The van der Waals surface area contributed by atoms with Gasteiger partial charge in [0.15, 0.2) is 0 Å². The minimum absolute atomic E-state index is 0.185. The van der Waals surface area contributed by atoms with Crippen molar-refractivity contribution in [3.8, 4) is 0 Å². The monoisotopic (exact) mass is 450 g/mol. The number of rotatable bonds is 5. The molecule has 31 heavy (non-hydrogen) atoms. The zero-order valence-corrected chi connectivity index (χ0v) is 19.1. The van der Waals surface area contributed by atoms with E-state index in [-0.39, 0.29) is 11.5 Å². The molecular weight excluding hydrogens is 428 g/mol. The first-order chi connectivity index (χ1) is 14.9. The molecule has 1 saturated heterocycles. The minimum atomic E-state index is -0.234. The third-order valence-corrected chi connectivity index (χ3v) is 6.51. The SMILES string of the molecule is CCN1C(=O)C(=Cc2c(NCc3ccc(C)cc3)nc3c(C)cccn3c2=O)SC1=S. The molecule has 0 unspecified atom stereocenters. The summed E-state index contributed by atoms with van der Waals surface area (Å²) in [7, 11) is 0. The number of aryl methyl sites for hydroxylation is 2. The molecule has 1 aromatic carbocycles. The number of aromatic nitrogens is 2. The molecule has 0 spiro atoms. The van der Waals surface area contributed by atoms with E-state index in [9.17, 15) is 9.59 Å². The zero-order valence-electron chi connectivity index (χ0n) is 17.5. The van der Waals surface area contributed by atoms with Crippen LogP contribution in [0.15, 0.2) is 52.3 Å². The zero-order chi connectivity index (χ0) is 22.1. The first-order valence-electron chi connectivity index (χ1n) is 9.95. The molecule has 1 amide bonds. The van der Waals surface area contributed by atoms with Crippen LogP contribution in [-0.2, 0) is 11.3 Å². The molecule has 2 aromatic heterocycles. The molecule has 0 radical (unpaired) electrons. The number of carbonyl (C=O) groups is 1. The van der Waals surface area contributed by atoms with Crippen molar-refractivity contribution in [3.05, 3.63) is 80.1 Å². The van der Waals surface area contributed by atoms with E-state index >= 15 is 0 Å². The average Bonchev–Trinajstić information content (AvgIpc) is 3.03. The van der Waals surface area contributed by atoms with Crippen LogP contribution in [0, 0.1) is 13.8 Å². The van der Waals surface area contributed by atoms with Gasteiger partial charge in [0.2, 0.25) is 0 Å². The maximum atomic E-state index is 13.4. The fourth-order valence-corrected chi connectivity index (χ4v) is 4.74. The molecule has 0 saturated carbocycles. The van der Waals surface area contributed by atoms with Gasteiger partial charge in [0.05, 0.1) is 10.5 Å². The third kappa shape index (κ3) is 4.13. The van der Waals surface area contributed by atoms with E-state index in [0.29, 0.717) is 39.3 Å². The summed E-state index contributed by atoms with van der Waals surface area (Å²) in [5, 5.41) is 3.30. The Morgan fingerprint density at radius 3 is 2.58 bits per heavy atom. The summed E-state index contributed by atoms with van der Waals surface area (Å²) in [6, 6.07) is 11.9. The Hall–Kier alpha value is -2.97. The second kappa shape index (κ2) is 8.64. The van der Waals surface area contributed by atoms with Gasteiger partial charge in [-0.3, -0.25) is 18.9 Å². The largest absolute Gasteiger partial charge is 0.365 e. The standard InChI is InChI=1S/C23H22N4O2S2/c1-4-26-22(29)18(31-23(26)30)12-17-19(24-13-16-9-7-14(2)8-10-16)25-20-15(3)6-5-11-27(20)21(17)28/h5-12,24H,4,13H2,1-3H3. The van der Waals surface area contributed by atoms with Crippen molar-refractivity contribution in [2.24, 2.45) is 0 Å². The second-order valence-electron chi connectivity index (χ2n) is 7.33. The molecule has 3 heterocycles. The van der Waals surface area contributed by atoms with Gasteiger partial charge in [-0.2, -0.15) is 0 Å². The Balaban J connectivity index is 1.81. The number of nitrogens with one attached hydrogen (secondary N) is 1. The molecule has 4 rings (SSSR count). The van der Waals surface area contributed by atoms with Gasteiger partial charge in [-0.25, -0.2) is 4.98 Å². The van der Waals surface area contributed by atoms with Crippen molar-refractivity contribution in [1.82, 2.24) is 14.3 Å². The number of thiocarbonyl (C=S) groups is 1. The smallest absolute Gasteiger partial charge is 0.267 e. The van der Waals surface area contributed by atoms with E-state index in [1.165, 1.54) is 26.6 Å². The number of hydrogen-bond donors (Lipinski definition) is 1. The number of thioether (sulfide) groups is 1. The van der Waals surface area contributed by atoms with Crippen molar-refractivity contribution in [2.45, 2.75) is 27.3 Å². The van der Waals surface area contributed by atoms with E-state index in [0.717, 1.165) is 11.1 Å². The van der Waals surface area contributed by atoms with Gasteiger partial charge < -0.3 is 5.32 Å². The van der Waals surface area contributed by atoms with Crippen LogP contribution in [0.2, 0.25) is 0 Å². The van der Waals surface area contributed by atoms with Crippen molar-refractivity contribution in [2.75, 3.05) is 11.9 Å². The Labute approximate surface area is 190 Å². The van der Waals surface area contributed by atoms with Gasteiger partial charge in [-0.15, -0.1) is 0 Å². The van der Waals surface area contributed by atoms with Crippen molar-refractivity contribution < 1.29 is 4.79 Å². The maximum absolute atomic E-state index is 13.4. The Bertz CT molecular complexity index is 1280. The molecule has 158 valence electrons. The van der Waals surface area contributed by atoms with Crippen LogP contribution in [0.25, 0.3) is 11.7 Å². The van der Waals surface area contributed by atoms with Crippen molar-refractivity contribution >= 4 is 51.7 Å². The first kappa shape index (κ1) is 21.3. The Morgan fingerprint density at radius 2 is 1.90 bits per heavy atom. The summed E-state index contributed by atoms with van der Waals surface area (Å²) in [4.78, 5) is 32.7. The molecule has 1 aliphatic heterocycles. The molecule has 1 N–H and O–H groups in total. The number of benzene rings is 1. The molecule has 0 atom stereocenters. The minimum Gasteiger partial charge on any atom is -0.365 e. The lowest BCUT2D eigenvalue weighted by Gasteiger charge is -2.13. The van der Waals surface area contributed by atoms with E-state index in [2.05, 4.69) is 5.32 Å². The maximum Gasteiger partial charge on any atom is 0.267 e. The van der Waals surface area contributed by atoms with Crippen LogP contribution in [0.5, 0.6) is 0 Å². The summed E-state index contributed by atoms with van der Waals surface area (Å²) in [5.41, 5.74) is 3.83. The summed E-state index contributed by atoms with van der Waals surface area (Å²) < 4.78 is 2.01. The van der Waals surface area contributed by atoms with E-state index in [1.54, 1.807) is 12.3 Å². The fourth-order valence-electron chi connectivity index (χ4n) is 3.37. The highest BCUT2D eigenvalue weighted by molar-refractivity contribution is 8.26. The van der Waals surface area contributed by atoms with Gasteiger partial charge in [0.1, 0.15) is 15.8 Å². The normalized spacial score (nSPS) is 15.3. The lowest BCUT2D eigenvalue weighted by Crippen LogP contribution is -2.27. The van der Waals surface area contributed by atoms with Gasteiger partial charge in [-0.05, 0) is 44.0 Å². The highest BCUT2D eigenvalue weighted by Gasteiger charge is 2.31. The molecule has 6 nitrogen and oxygen atoms in total. The summed E-state index contributed by atoms with van der Waals surface area (Å²) in [6.07, 6.45) is 3.30. The van der Waals surface area contributed by atoms with Crippen LogP contribution < -0.4 is 10.9 Å². The molecule has 1 fully saturated rings. The van der Waals surface area contributed by atoms with Gasteiger partial charge in [0.25, 0.3) is 11.5 Å². The lowest BCUT2D eigenvalue weighted by atomic mass is 10.1. The van der Waals surface area contributed by atoms with Gasteiger partial charge in [-0.1, -0.05) is 59.9 Å². The molecule has 0 bridgehead atoms. The quantitative estimate of drug-likeness (QED) is 0.465. The first-order valence-corrected chi connectivity index (χ1v) is 11.2. The lowest BCUT2D eigenvalue weighted by molar-refractivity contribution is -0.121. The number of likely N-dealkylation sites (N-methyl/N-ethyl adjacent to an activating group) is 1. The number of fused-ring (bicyclic) bond motifs is 1. The molecular formula is C23H22N4O2S2. The predicted molar refractivity (Wildman–Crippen MR) is 130 cm³/mol. The predicted octanol–water partition coefficient (Wildman–Crippen LogP) is 4.14. The number of amides is 1. The highest BCUT2D eigenvalue weighted by Crippen LogP contribution is 2.32. The number of nitrogens with zero attached hydrogens (tertiary/aromatic N) is 3. The van der Waals surface area contributed by atoms with Crippen molar-refractivity contribution in [3.63, 3.8) is 0 Å². The molecule has 3 aromatic rings. The second-order valence-corrected chi connectivity index (χ2v) is 9.00. The highest BCUT2D eigenvalue weighted by atomic mass is 32.2. The number of anilines is 1. The molecule has 0 aliphatic carbocycles. The van der Waals surface area contributed by atoms with Crippen molar-refractivity contribution in [1.29, 1.82) is 0 Å². The van der Waals surface area contributed by atoms with Crippen LogP contribution >= 0.6 is 24.0 Å². The summed E-state index contributed by atoms with van der Waals surface area (Å²) in [6.45, 7) is 6.83. The Kier molecular flexibility index (Phi) is 5.93. The van der Waals surface area contributed by atoms with Gasteiger partial charge >= 0.3 is 0 Å². The summed E-state index contributed by atoms with van der Waals surface area (Å²) in [5.74, 6) is 0.261. The topological polar surface area (TPSA) is 66.7 Å². The number of hydrogen-bond acceptors (Lipinski definition) is 6. The van der Waals surface area contributed by atoms with Crippen LogP contribution in [-0.4, -0.2) is 31.1 Å². The fraction of sp³-hybridized carbons (Fsp3) is 0.217. The molecule has 1 aliphatic rings. The number of pyridine rings is 1. The van der Waals surface area contributed by atoms with E-state index in [1.807, 2.05) is 57.2 Å². The van der Waals surface area contributed by atoms with E-state index in [4.69, 9.17) is 17.2 Å². The van der Waals surface area contributed by atoms with Crippen LogP contribution in [0.4, 0.5) is 5.82 Å². The number of carbonyl (C=O) groups excluding carboxylic acids is 1. The van der Waals surface area contributed by atoms with E-state index < -0.39 is 0 Å². The third-order valence-electron chi connectivity index (χ3n) is 5.13. The Morgan fingerprint density at radius 1 is 1.16 bits per heavy atom. The average molecular weight is 451 g/mol. The van der Waals surface area contributed by atoms with Crippen LogP contribution in [0.3, 0.4) is 0 Å². The molecule has 8 heteroatoms. The van der Waals surface area contributed by atoms with Gasteiger partial charge in [0, 0.05) is 19.3 Å². The van der Waals surface area contributed by atoms with Crippen LogP contribution in [0.1, 0.15) is 29.2 Å².